The molecule has 0 saturated heterocycles. The highest BCUT2D eigenvalue weighted by Gasteiger charge is 2.22. The van der Waals surface area contributed by atoms with Crippen molar-refractivity contribution in [3.8, 4) is 5.69 Å². The van der Waals surface area contributed by atoms with Gasteiger partial charge in [-0.3, -0.25) is 0 Å². The average molecular weight is 358 g/mol. The number of hydrogen-bond acceptors (Lipinski definition) is 2. The molecule has 0 aliphatic carbocycles. The smallest absolute Gasteiger partial charge is 0.0904 e. The third-order valence-corrected chi connectivity index (χ3v) is 7.30. The first-order valence-corrected chi connectivity index (χ1v) is 9.97. The van der Waals surface area contributed by atoms with Crippen LogP contribution < -0.4 is 0 Å². The van der Waals surface area contributed by atoms with E-state index in [1.165, 1.54) is 47.2 Å². The van der Waals surface area contributed by atoms with Crippen molar-refractivity contribution in [3.63, 3.8) is 0 Å². The van der Waals surface area contributed by atoms with Gasteiger partial charge in [0, 0.05) is 23.6 Å². The Labute approximate surface area is 152 Å². The molecule has 4 heteroatoms. The van der Waals surface area contributed by atoms with Gasteiger partial charge in [0.05, 0.1) is 30.6 Å². The molecular weight excluding hydrogens is 344 g/mol. The number of aromatic nitrogens is 2. The molecule has 4 heterocycles. The number of thiophene rings is 2. The SMILES string of the molecule is Cn1c2ccccc2c2sc3c4sccc4n(-c4ccccc4)c3c21. The summed E-state index contributed by atoms with van der Waals surface area (Å²) in [4.78, 5) is 0. The number of aryl methyl sites for hydroxylation is 1. The summed E-state index contributed by atoms with van der Waals surface area (Å²) in [6.45, 7) is 0. The van der Waals surface area contributed by atoms with Crippen molar-refractivity contribution in [2.75, 3.05) is 0 Å². The molecule has 0 unspecified atom stereocenters. The Morgan fingerprint density at radius 2 is 1.52 bits per heavy atom. The van der Waals surface area contributed by atoms with Gasteiger partial charge in [-0.2, -0.15) is 0 Å². The Morgan fingerprint density at radius 1 is 0.720 bits per heavy atom. The number of benzene rings is 2. The van der Waals surface area contributed by atoms with E-state index < -0.39 is 0 Å². The number of rotatable bonds is 1. The molecule has 2 nitrogen and oxygen atoms in total. The lowest BCUT2D eigenvalue weighted by molar-refractivity contribution is 1.01. The second kappa shape index (κ2) is 4.75. The molecule has 120 valence electrons. The zero-order chi connectivity index (χ0) is 16.5. The minimum atomic E-state index is 1.23. The molecule has 0 amide bonds. The van der Waals surface area contributed by atoms with Gasteiger partial charge >= 0.3 is 0 Å². The van der Waals surface area contributed by atoms with Gasteiger partial charge in [-0.25, -0.2) is 0 Å². The Hall–Kier alpha value is -2.56. The van der Waals surface area contributed by atoms with Gasteiger partial charge < -0.3 is 9.13 Å². The van der Waals surface area contributed by atoms with E-state index in [-0.39, 0.29) is 0 Å². The highest BCUT2D eigenvalue weighted by molar-refractivity contribution is 7.31. The fourth-order valence-corrected chi connectivity index (χ4v) is 6.35. The largest absolute Gasteiger partial charge is 0.341 e. The van der Waals surface area contributed by atoms with Crippen LogP contribution in [0.25, 0.3) is 47.2 Å². The van der Waals surface area contributed by atoms with Crippen LogP contribution >= 0.6 is 22.7 Å². The van der Waals surface area contributed by atoms with E-state index in [2.05, 4.69) is 82.2 Å². The zero-order valence-electron chi connectivity index (χ0n) is 13.6. The van der Waals surface area contributed by atoms with Crippen molar-refractivity contribution in [2.45, 2.75) is 0 Å². The van der Waals surface area contributed by atoms with Crippen LogP contribution in [0.1, 0.15) is 0 Å². The van der Waals surface area contributed by atoms with Gasteiger partial charge in [0.15, 0.2) is 0 Å². The summed E-state index contributed by atoms with van der Waals surface area (Å²) >= 11 is 3.77. The molecule has 0 saturated carbocycles. The minimum Gasteiger partial charge on any atom is -0.341 e. The molecule has 6 aromatic rings. The predicted molar refractivity (Wildman–Crippen MR) is 111 cm³/mol. The fourth-order valence-electron chi connectivity index (χ4n) is 3.96. The fraction of sp³-hybridized carbons (Fsp3) is 0.0476. The Kier molecular flexibility index (Phi) is 2.60. The van der Waals surface area contributed by atoms with Crippen LogP contribution in [0, 0.1) is 0 Å². The van der Waals surface area contributed by atoms with Crippen molar-refractivity contribution < 1.29 is 0 Å². The quantitative estimate of drug-likeness (QED) is 0.315. The summed E-state index contributed by atoms with van der Waals surface area (Å²) in [5.74, 6) is 0. The molecule has 0 aliphatic rings. The van der Waals surface area contributed by atoms with Gasteiger partial charge in [-0.15, -0.1) is 22.7 Å². The van der Waals surface area contributed by atoms with Crippen LogP contribution in [0.5, 0.6) is 0 Å². The highest BCUT2D eigenvalue weighted by atomic mass is 32.1. The van der Waals surface area contributed by atoms with Crippen molar-refractivity contribution in [1.82, 2.24) is 9.13 Å². The van der Waals surface area contributed by atoms with E-state index in [1.807, 2.05) is 22.7 Å². The second-order valence-electron chi connectivity index (χ2n) is 6.34. The van der Waals surface area contributed by atoms with E-state index in [9.17, 15) is 0 Å². The molecule has 0 N–H and O–H groups in total. The Morgan fingerprint density at radius 3 is 2.40 bits per heavy atom. The highest BCUT2D eigenvalue weighted by Crippen LogP contribution is 2.47. The third-order valence-electron chi connectivity index (χ3n) is 5.03. The second-order valence-corrected chi connectivity index (χ2v) is 8.28. The number of para-hydroxylation sites is 2. The lowest BCUT2D eigenvalue weighted by atomic mass is 10.2. The molecule has 2 aromatic carbocycles. The van der Waals surface area contributed by atoms with Gasteiger partial charge in [0.25, 0.3) is 0 Å². The molecule has 0 atom stereocenters. The van der Waals surface area contributed by atoms with Gasteiger partial charge in [0.1, 0.15) is 0 Å². The molecule has 0 fully saturated rings. The van der Waals surface area contributed by atoms with Crippen molar-refractivity contribution in [2.24, 2.45) is 7.05 Å². The number of fused-ring (bicyclic) bond motifs is 7. The van der Waals surface area contributed by atoms with Gasteiger partial charge in [0.2, 0.25) is 0 Å². The Balaban J connectivity index is 1.93. The zero-order valence-corrected chi connectivity index (χ0v) is 15.2. The monoisotopic (exact) mass is 358 g/mol. The summed E-state index contributed by atoms with van der Waals surface area (Å²) in [6, 6.07) is 21.7. The van der Waals surface area contributed by atoms with E-state index in [0.717, 1.165) is 0 Å². The molecule has 4 aromatic heterocycles. The summed E-state index contributed by atoms with van der Waals surface area (Å²) < 4.78 is 8.97. The van der Waals surface area contributed by atoms with Crippen LogP contribution in [0.4, 0.5) is 0 Å². The lowest BCUT2D eigenvalue weighted by Gasteiger charge is -2.07. The first-order valence-electron chi connectivity index (χ1n) is 8.27. The molecule has 0 bridgehead atoms. The molecule has 0 aliphatic heterocycles. The molecule has 0 radical (unpaired) electrons. The maximum Gasteiger partial charge on any atom is 0.0904 e. The molecule has 0 spiro atoms. The predicted octanol–water partition coefficient (Wildman–Crippen LogP) is 6.55. The van der Waals surface area contributed by atoms with Crippen molar-refractivity contribution >= 4 is 64.2 Å². The average Bonchev–Trinajstić information content (AvgIpc) is 3.36. The molecular formula is C21H14N2S2. The minimum absolute atomic E-state index is 1.23. The Bertz CT molecular complexity index is 1390. The van der Waals surface area contributed by atoms with Crippen LogP contribution in [0.3, 0.4) is 0 Å². The van der Waals surface area contributed by atoms with Gasteiger partial charge in [-0.05, 0) is 29.6 Å². The number of hydrogen-bond donors (Lipinski definition) is 0. The number of nitrogens with zero attached hydrogens (tertiary/aromatic N) is 2. The maximum absolute atomic E-state index is 2.43. The summed E-state index contributed by atoms with van der Waals surface area (Å²) in [5.41, 5.74) is 6.52. The van der Waals surface area contributed by atoms with Crippen molar-refractivity contribution in [3.05, 3.63) is 66.0 Å². The van der Waals surface area contributed by atoms with Crippen LogP contribution in [-0.4, -0.2) is 9.13 Å². The topological polar surface area (TPSA) is 9.86 Å². The molecule has 25 heavy (non-hydrogen) atoms. The maximum atomic E-state index is 2.43. The van der Waals surface area contributed by atoms with E-state index in [4.69, 9.17) is 0 Å². The lowest BCUT2D eigenvalue weighted by Crippen LogP contribution is -1.94. The standard InChI is InChI=1S/C21H14N2S2/c1-22-15-10-6-5-9-14(15)19-17(22)18-21(25-19)20-16(11-12-24-20)23(18)13-7-3-2-4-8-13/h2-12H,1H3. The molecule has 6 rings (SSSR count). The van der Waals surface area contributed by atoms with Gasteiger partial charge in [-0.1, -0.05) is 36.4 Å². The van der Waals surface area contributed by atoms with E-state index in [0.29, 0.717) is 0 Å². The van der Waals surface area contributed by atoms with Crippen molar-refractivity contribution in [1.29, 1.82) is 0 Å². The third kappa shape index (κ3) is 1.63. The first-order chi connectivity index (χ1) is 12.3. The normalized spacial score (nSPS) is 12.2. The first kappa shape index (κ1) is 13.7. The van der Waals surface area contributed by atoms with E-state index in [1.54, 1.807) is 0 Å². The summed E-state index contributed by atoms with van der Waals surface area (Å²) in [5, 5.41) is 3.55. The van der Waals surface area contributed by atoms with Crippen LogP contribution in [0.2, 0.25) is 0 Å². The summed E-state index contributed by atoms with van der Waals surface area (Å²) in [6.07, 6.45) is 0. The summed E-state index contributed by atoms with van der Waals surface area (Å²) in [7, 11) is 2.19. The van der Waals surface area contributed by atoms with E-state index >= 15 is 0 Å². The van der Waals surface area contributed by atoms with Crippen LogP contribution in [0.15, 0.2) is 66.0 Å². The van der Waals surface area contributed by atoms with Crippen LogP contribution in [-0.2, 0) is 7.05 Å².